The molecular weight excluding hydrogens is 390 g/mol. The third-order valence-corrected chi connectivity index (χ3v) is 3.79. The Balaban J connectivity index is 1.87. The van der Waals surface area contributed by atoms with Crippen LogP contribution in [-0.2, 0) is 9.59 Å². The zero-order valence-electron chi connectivity index (χ0n) is 15.2. The second kappa shape index (κ2) is 9.56. The Labute approximate surface area is 165 Å². The predicted octanol–water partition coefficient (Wildman–Crippen LogP) is 2.70. The van der Waals surface area contributed by atoms with Crippen LogP contribution >= 0.6 is 11.6 Å². The van der Waals surface area contributed by atoms with Crippen molar-refractivity contribution in [2.45, 2.75) is 6.92 Å². The maximum Gasteiger partial charge on any atom is 0.312 e. The Bertz CT molecular complexity index is 903. The van der Waals surface area contributed by atoms with Gasteiger partial charge < -0.3 is 20.1 Å². The number of amides is 2. The van der Waals surface area contributed by atoms with E-state index in [1.54, 1.807) is 12.1 Å². The summed E-state index contributed by atoms with van der Waals surface area (Å²) in [5.41, 5.74) is 1.05. The van der Waals surface area contributed by atoms with E-state index in [1.165, 1.54) is 19.2 Å². The van der Waals surface area contributed by atoms with Gasteiger partial charge in [-0.15, -0.1) is 0 Å². The molecule has 0 heterocycles. The molecule has 0 saturated heterocycles. The molecule has 0 aliphatic rings. The van der Waals surface area contributed by atoms with Crippen molar-refractivity contribution >= 4 is 34.8 Å². The molecule has 2 N–H and O–H groups in total. The lowest BCUT2D eigenvalue weighted by Gasteiger charge is -2.12. The lowest BCUT2D eigenvalue weighted by atomic mass is 10.2. The molecule has 0 saturated carbocycles. The number of rotatable bonds is 8. The van der Waals surface area contributed by atoms with Crippen LogP contribution in [-0.4, -0.2) is 37.0 Å². The number of nitro groups is 1. The van der Waals surface area contributed by atoms with E-state index in [-0.39, 0.29) is 23.0 Å². The van der Waals surface area contributed by atoms with Crippen molar-refractivity contribution in [3.63, 3.8) is 0 Å². The summed E-state index contributed by atoms with van der Waals surface area (Å²) < 4.78 is 10.3. The van der Waals surface area contributed by atoms with E-state index in [1.807, 2.05) is 13.0 Å². The average Bonchev–Trinajstić information content (AvgIpc) is 2.65. The number of nitrogens with one attached hydrogen (secondary N) is 2. The van der Waals surface area contributed by atoms with Crippen LogP contribution in [0.15, 0.2) is 36.4 Å². The van der Waals surface area contributed by atoms with Crippen molar-refractivity contribution in [1.82, 2.24) is 5.32 Å². The number of hydrogen-bond acceptors (Lipinski definition) is 6. The molecule has 0 aliphatic heterocycles. The normalized spacial score (nSPS) is 10.1. The fraction of sp³-hybridized carbons (Fsp3) is 0.222. The Morgan fingerprint density at radius 1 is 1.14 bits per heavy atom. The first-order valence-corrected chi connectivity index (χ1v) is 8.46. The molecule has 148 valence electrons. The molecule has 2 aromatic rings. The third-order valence-electron chi connectivity index (χ3n) is 3.55. The quantitative estimate of drug-likeness (QED) is 0.512. The summed E-state index contributed by atoms with van der Waals surface area (Å²) in [6.45, 7) is 1.07. The van der Waals surface area contributed by atoms with Gasteiger partial charge in [0.1, 0.15) is 5.75 Å². The molecule has 0 aromatic heterocycles. The van der Waals surface area contributed by atoms with E-state index >= 15 is 0 Å². The van der Waals surface area contributed by atoms with Crippen molar-refractivity contribution < 1.29 is 24.0 Å². The van der Waals surface area contributed by atoms with E-state index in [9.17, 15) is 19.7 Å². The molecular formula is C18H18ClN3O6. The van der Waals surface area contributed by atoms with Crippen molar-refractivity contribution in [2.24, 2.45) is 0 Å². The van der Waals surface area contributed by atoms with Crippen molar-refractivity contribution in [1.29, 1.82) is 0 Å². The van der Waals surface area contributed by atoms with Gasteiger partial charge in [-0.3, -0.25) is 19.7 Å². The highest BCUT2D eigenvalue weighted by atomic mass is 35.5. The maximum atomic E-state index is 12.0. The van der Waals surface area contributed by atoms with Gasteiger partial charge in [0.2, 0.25) is 5.91 Å². The van der Waals surface area contributed by atoms with Crippen LogP contribution in [0.3, 0.4) is 0 Å². The van der Waals surface area contributed by atoms with Gasteiger partial charge in [0.05, 0.1) is 24.3 Å². The summed E-state index contributed by atoms with van der Waals surface area (Å²) in [7, 11) is 1.48. The summed E-state index contributed by atoms with van der Waals surface area (Å²) >= 11 is 5.71. The minimum Gasteiger partial charge on any atom is -0.495 e. The van der Waals surface area contributed by atoms with Crippen LogP contribution in [0.25, 0.3) is 0 Å². The largest absolute Gasteiger partial charge is 0.495 e. The molecule has 2 aromatic carbocycles. The van der Waals surface area contributed by atoms with Gasteiger partial charge >= 0.3 is 5.69 Å². The smallest absolute Gasteiger partial charge is 0.312 e. The number of carbonyl (C=O) groups is 2. The second-order valence-electron chi connectivity index (χ2n) is 5.69. The number of aryl methyl sites for hydroxylation is 1. The molecule has 2 amide bonds. The molecule has 2 rings (SSSR count). The van der Waals surface area contributed by atoms with Crippen LogP contribution in [0, 0.1) is 17.0 Å². The molecule has 0 aliphatic carbocycles. The van der Waals surface area contributed by atoms with Crippen LogP contribution in [0.5, 0.6) is 11.5 Å². The van der Waals surface area contributed by atoms with E-state index in [4.69, 9.17) is 21.1 Å². The molecule has 0 bridgehead atoms. The first-order chi connectivity index (χ1) is 13.3. The molecule has 0 unspecified atom stereocenters. The number of hydrogen-bond donors (Lipinski definition) is 2. The molecule has 0 spiro atoms. The highest BCUT2D eigenvalue weighted by Crippen LogP contribution is 2.29. The maximum absolute atomic E-state index is 12.0. The zero-order valence-corrected chi connectivity index (χ0v) is 15.9. The van der Waals surface area contributed by atoms with Gasteiger partial charge in [0.15, 0.2) is 12.4 Å². The number of nitrogens with zero attached hydrogens (tertiary/aromatic N) is 1. The average molecular weight is 408 g/mol. The fourth-order valence-electron chi connectivity index (χ4n) is 2.24. The molecule has 9 nitrogen and oxygen atoms in total. The number of halogens is 1. The Morgan fingerprint density at radius 3 is 2.54 bits per heavy atom. The number of anilines is 1. The lowest BCUT2D eigenvalue weighted by molar-refractivity contribution is -0.385. The summed E-state index contributed by atoms with van der Waals surface area (Å²) in [4.78, 5) is 34.2. The van der Waals surface area contributed by atoms with E-state index in [0.29, 0.717) is 11.4 Å². The predicted molar refractivity (Wildman–Crippen MR) is 103 cm³/mol. The van der Waals surface area contributed by atoms with Gasteiger partial charge in [0, 0.05) is 11.1 Å². The zero-order chi connectivity index (χ0) is 20.7. The molecule has 0 radical (unpaired) electrons. The Hall–Kier alpha value is -3.33. The number of methoxy groups -OCH3 is 1. The summed E-state index contributed by atoms with van der Waals surface area (Å²) in [6, 6.07) is 9.12. The van der Waals surface area contributed by atoms with Gasteiger partial charge in [-0.1, -0.05) is 17.7 Å². The number of carbonyl (C=O) groups excluding carboxylic acids is 2. The van der Waals surface area contributed by atoms with E-state index in [0.717, 1.165) is 11.6 Å². The molecule has 10 heteroatoms. The summed E-state index contributed by atoms with van der Waals surface area (Å²) in [5, 5.41) is 16.2. The van der Waals surface area contributed by atoms with E-state index < -0.39 is 23.3 Å². The van der Waals surface area contributed by atoms with Crippen molar-refractivity contribution in [2.75, 3.05) is 25.6 Å². The standard InChI is InChI=1S/C18H18ClN3O6/c1-11-3-5-15(27-2)13(7-11)21-17(23)9-20-18(24)10-28-16-6-4-12(19)8-14(16)22(25)26/h3-8H,9-10H2,1-2H3,(H,20,24)(H,21,23). The van der Waals surface area contributed by atoms with Crippen molar-refractivity contribution in [3.8, 4) is 11.5 Å². The fourth-order valence-corrected chi connectivity index (χ4v) is 2.41. The van der Waals surface area contributed by atoms with Gasteiger partial charge in [-0.2, -0.15) is 0 Å². The highest BCUT2D eigenvalue weighted by molar-refractivity contribution is 6.30. The van der Waals surface area contributed by atoms with Gasteiger partial charge in [-0.05, 0) is 36.8 Å². The Kier molecular flexibility index (Phi) is 7.16. The minimum atomic E-state index is -0.665. The SMILES string of the molecule is COc1ccc(C)cc1NC(=O)CNC(=O)COc1ccc(Cl)cc1[N+](=O)[O-]. The molecule has 0 fully saturated rings. The topological polar surface area (TPSA) is 120 Å². The Morgan fingerprint density at radius 2 is 1.86 bits per heavy atom. The van der Waals surface area contributed by atoms with Crippen LogP contribution in [0.1, 0.15) is 5.56 Å². The summed E-state index contributed by atoms with van der Waals surface area (Å²) in [6.07, 6.45) is 0. The monoisotopic (exact) mass is 407 g/mol. The minimum absolute atomic E-state index is 0.0986. The molecule has 0 atom stereocenters. The first kappa shape index (κ1) is 21.0. The number of nitro benzene ring substituents is 1. The molecule has 28 heavy (non-hydrogen) atoms. The summed E-state index contributed by atoms with van der Waals surface area (Å²) in [5.74, 6) is -0.688. The highest BCUT2D eigenvalue weighted by Gasteiger charge is 2.17. The van der Waals surface area contributed by atoms with Crippen LogP contribution in [0.2, 0.25) is 5.02 Å². The van der Waals surface area contributed by atoms with E-state index in [2.05, 4.69) is 10.6 Å². The van der Waals surface area contributed by atoms with Gasteiger partial charge in [-0.25, -0.2) is 0 Å². The van der Waals surface area contributed by atoms with Crippen LogP contribution < -0.4 is 20.1 Å². The third kappa shape index (κ3) is 5.85. The lowest BCUT2D eigenvalue weighted by Crippen LogP contribution is -2.35. The first-order valence-electron chi connectivity index (χ1n) is 8.08. The second-order valence-corrected chi connectivity index (χ2v) is 6.12. The number of benzene rings is 2. The number of ether oxygens (including phenoxy) is 2. The van der Waals surface area contributed by atoms with Crippen molar-refractivity contribution in [3.05, 3.63) is 57.1 Å². The van der Waals surface area contributed by atoms with Gasteiger partial charge in [0.25, 0.3) is 5.91 Å². The van der Waals surface area contributed by atoms with Crippen LogP contribution in [0.4, 0.5) is 11.4 Å².